The molecule has 0 radical (unpaired) electrons. The van der Waals surface area contributed by atoms with E-state index in [0.717, 1.165) is 23.3 Å². The van der Waals surface area contributed by atoms with Crippen LogP contribution in [-0.4, -0.2) is 24.5 Å². The van der Waals surface area contributed by atoms with Gasteiger partial charge in [0.15, 0.2) is 0 Å². The number of likely N-dealkylation sites (tertiary alicyclic amines) is 1. The van der Waals surface area contributed by atoms with Crippen molar-refractivity contribution in [1.82, 2.24) is 4.90 Å². The number of piperidine rings is 1. The number of nitrogens with zero attached hydrogens (tertiary/aromatic N) is 1. The zero-order valence-corrected chi connectivity index (χ0v) is 13.6. The van der Waals surface area contributed by atoms with Crippen LogP contribution >= 0.6 is 15.9 Å². The molecule has 2 rings (SSSR count). The van der Waals surface area contributed by atoms with Gasteiger partial charge in [-0.1, -0.05) is 26.7 Å². The molecule has 1 saturated heterocycles. The first-order valence-electron chi connectivity index (χ1n) is 7.33. The van der Waals surface area contributed by atoms with Gasteiger partial charge >= 0.3 is 0 Å². The van der Waals surface area contributed by atoms with Crippen LogP contribution in [0.1, 0.15) is 51.3 Å². The van der Waals surface area contributed by atoms with Gasteiger partial charge < -0.3 is 10.2 Å². The zero-order valence-electron chi connectivity index (χ0n) is 12.0. The highest BCUT2D eigenvalue weighted by molar-refractivity contribution is 9.10. The first kappa shape index (κ1) is 15.1. The second-order valence-electron chi connectivity index (χ2n) is 5.63. The number of hydrogen-bond acceptors (Lipinski definition) is 3. The van der Waals surface area contributed by atoms with E-state index < -0.39 is 0 Å². The molecule has 4 heteroatoms. The normalized spacial score (nSPS) is 21.5. The number of rotatable bonds is 5. The molecule has 3 nitrogen and oxygen atoms in total. The van der Waals surface area contributed by atoms with Crippen molar-refractivity contribution in [3.05, 3.63) is 22.6 Å². The van der Waals surface area contributed by atoms with Crippen LogP contribution in [0.4, 0.5) is 0 Å². The SMILES string of the molecule is CCC1(CC)CCN(C(CN)c2occc2Br)CC1. The van der Waals surface area contributed by atoms with Crippen molar-refractivity contribution in [3.63, 3.8) is 0 Å². The summed E-state index contributed by atoms with van der Waals surface area (Å²) in [5.41, 5.74) is 6.53. The molecule has 0 aliphatic carbocycles. The maximum Gasteiger partial charge on any atom is 0.136 e. The molecule has 0 spiro atoms. The van der Waals surface area contributed by atoms with Gasteiger partial charge in [0, 0.05) is 6.54 Å². The Balaban J connectivity index is 2.05. The molecule has 0 bridgehead atoms. The summed E-state index contributed by atoms with van der Waals surface area (Å²) >= 11 is 3.55. The number of hydrogen-bond donors (Lipinski definition) is 1. The summed E-state index contributed by atoms with van der Waals surface area (Å²) in [7, 11) is 0. The first-order chi connectivity index (χ1) is 9.15. The summed E-state index contributed by atoms with van der Waals surface area (Å²) in [6.07, 6.45) is 6.85. The second kappa shape index (κ2) is 6.42. The molecule has 0 aromatic carbocycles. The van der Waals surface area contributed by atoms with E-state index >= 15 is 0 Å². The van der Waals surface area contributed by atoms with Crippen molar-refractivity contribution in [2.45, 2.75) is 45.6 Å². The highest BCUT2D eigenvalue weighted by Gasteiger charge is 2.34. The maximum absolute atomic E-state index is 5.97. The third-order valence-electron chi connectivity index (χ3n) is 4.97. The van der Waals surface area contributed by atoms with Gasteiger partial charge in [0.05, 0.1) is 16.8 Å². The topological polar surface area (TPSA) is 42.4 Å². The summed E-state index contributed by atoms with van der Waals surface area (Å²) in [6.45, 7) is 7.50. The molecule has 108 valence electrons. The van der Waals surface area contributed by atoms with Gasteiger partial charge in [-0.2, -0.15) is 0 Å². The smallest absolute Gasteiger partial charge is 0.136 e. The summed E-state index contributed by atoms with van der Waals surface area (Å²) in [5, 5.41) is 0. The highest BCUT2D eigenvalue weighted by Crippen LogP contribution is 2.40. The maximum atomic E-state index is 5.97. The lowest BCUT2D eigenvalue weighted by Crippen LogP contribution is -2.43. The molecule has 2 heterocycles. The Hall–Kier alpha value is -0.320. The van der Waals surface area contributed by atoms with Gasteiger partial charge in [-0.05, 0) is 53.3 Å². The average Bonchev–Trinajstić information content (AvgIpc) is 2.87. The Morgan fingerprint density at radius 3 is 2.42 bits per heavy atom. The molecule has 1 aromatic heterocycles. The molecule has 1 unspecified atom stereocenters. The minimum atomic E-state index is 0.205. The van der Waals surface area contributed by atoms with Crippen molar-refractivity contribution < 1.29 is 4.42 Å². The van der Waals surface area contributed by atoms with Gasteiger partial charge in [-0.15, -0.1) is 0 Å². The van der Waals surface area contributed by atoms with Crippen LogP contribution in [0.5, 0.6) is 0 Å². The minimum absolute atomic E-state index is 0.205. The van der Waals surface area contributed by atoms with E-state index in [2.05, 4.69) is 34.7 Å². The number of nitrogens with two attached hydrogens (primary N) is 1. The molecule has 0 saturated carbocycles. The number of furan rings is 1. The van der Waals surface area contributed by atoms with E-state index in [9.17, 15) is 0 Å². The Bertz CT molecular complexity index is 391. The van der Waals surface area contributed by atoms with Gasteiger partial charge in [-0.25, -0.2) is 0 Å². The molecule has 1 aliphatic heterocycles. The predicted octanol–water partition coefficient (Wildman–Crippen LogP) is 3.94. The third-order valence-corrected chi connectivity index (χ3v) is 5.63. The zero-order chi connectivity index (χ0) is 13.9. The molecule has 1 atom stereocenters. The molecule has 1 fully saturated rings. The van der Waals surface area contributed by atoms with Crippen LogP contribution in [0.15, 0.2) is 21.2 Å². The predicted molar refractivity (Wildman–Crippen MR) is 82.0 cm³/mol. The van der Waals surface area contributed by atoms with Crippen LogP contribution in [0.25, 0.3) is 0 Å². The Kier molecular flexibility index (Phi) is 5.09. The van der Waals surface area contributed by atoms with E-state index in [1.54, 1.807) is 6.26 Å². The molecule has 19 heavy (non-hydrogen) atoms. The van der Waals surface area contributed by atoms with E-state index in [-0.39, 0.29) is 6.04 Å². The standard InChI is InChI=1S/C15H25BrN2O/c1-3-15(4-2)6-8-18(9-7-15)13(11-17)14-12(16)5-10-19-14/h5,10,13H,3-4,6-9,11,17H2,1-2H3. The van der Waals surface area contributed by atoms with E-state index in [0.29, 0.717) is 12.0 Å². The molecule has 2 N–H and O–H groups in total. The molecule has 1 aliphatic rings. The van der Waals surface area contributed by atoms with Gasteiger partial charge in [0.2, 0.25) is 0 Å². The lowest BCUT2D eigenvalue weighted by molar-refractivity contribution is 0.0609. The summed E-state index contributed by atoms with van der Waals surface area (Å²) in [6, 6.07) is 2.15. The van der Waals surface area contributed by atoms with Crippen LogP contribution < -0.4 is 5.73 Å². The lowest BCUT2D eigenvalue weighted by atomic mass is 9.74. The monoisotopic (exact) mass is 328 g/mol. The fraction of sp³-hybridized carbons (Fsp3) is 0.733. The van der Waals surface area contributed by atoms with Crippen molar-refractivity contribution in [2.24, 2.45) is 11.1 Å². The average molecular weight is 329 g/mol. The Morgan fingerprint density at radius 1 is 1.37 bits per heavy atom. The van der Waals surface area contributed by atoms with Crippen LogP contribution in [-0.2, 0) is 0 Å². The minimum Gasteiger partial charge on any atom is -0.466 e. The van der Waals surface area contributed by atoms with Crippen molar-refractivity contribution in [2.75, 3.05) is 19.6 Å². The van der Waals surface area contributed by atoms with Crippen LogP contribution in [0.3, 0.4) is 0 Å². The Labute approximate surface area is 124 Å². The first-order valence-corrected chi connectivity index (χ1v) is 8.12. The fourth-order valence-electron chi connectivity index (χ4n) is 3.23. The van der Waals surface area contributed by atoms with Crippen LogP contribution in [0, 0.1) is 5.41 Å². The van der Waals surface area contributed by atoms with Crippen molar-refractivity contribution in [3.8, 4) is 0 Å². The molecular formula is C15H25BrN2O. The molecular weight excluding hydrogens is 304 g/mol. The largest absolute Gasteiger partial charge is 0.466 e. The molecule has 0 amide bonds. The quantitative estimate of drug-likeness (QED) is 0.889. The van der Waals surface area contributed by atoms with E-state index in [1.165, 1.54) is 25.7 Å². The number of halogens is 1. The molecule has 1 aromatic rings. The third kappa shape index (κ3) is 3.06. The Morgan fingerprint density at radius 2 is 2.00 bits per heavy atom. The van der Waals surface area contributed by atoms with Gasteiger partial charge in [0.25, 0.3) is 0 Å². The summed E-state index contributed by atoms with van der Waals surface area (Å²) in [4.78, 5) is 2.48. The lowest BCUT2D eigenvalue weighted by Gasteiger charge is -2.43. The van der Waals surface area contributed by atoms with Crippen LogP contribution in [0.2, 0.25) is 0 Å². The fourth-order valence-corrected chi connectivity index (χ4v) is 3.70. The van der Waals surface area contributed by atoms with Crippen molar-refractivity contribution in [1.29, 1.82) is 0 Å². The van der Waals surface area contributed by atoms with E-state index in [4.69, 9.17) is 10.2 Å². The van der Waals surface area contributed by atoms with E-state index in [1.807, 2.05) is 6.07 Å². The summed E-state index contributed by atoms with van der Waals surface area (Å²) in [5.74, 6) is 0.975. The second-order valence-corrected chi connectivity index (χ2v) is 6.48. The van der Waals surface area contributed by atoms with Gasteiger partial charge in [0.1, 0.15) is 5.76 Å². The summed E-state index contributed by atoms with van der Waals surface area (Å²) < 4.78 is 6.64. The van der Waals surface area contributed by atoms with Gasteiger partial charge in [-0.3, -0.25) is 4.90 Å². The highest BCUT2D eigenvalue weighted by atomic mass is 79.9. The van der Waals surface area contributed by atoms with Crippen molar-refractivity contribution >= 4 is 15.9 Å².